The Morgan fingerprint density at radius 3 is 2.80 bits per heavy atom. The lowest BCUT2D eigenvalue weighted by Crippen LogP contribution is -2.16. The van der Waals surface area contributed by atoms with E-state index in [4.69, 9.17) is 5.84 Å². The van der Waals surface area contributed by atoms with Crippen molar-refractivity contribution in [2.75, 3.05) is 11.6 Å². The van der Waals surface area contributed by atoms with Gasteiger partial charge in [0.05, 0.1) is 5.25 Å². The summed E-state index contributed by atoms with van der Waals surface area (Å²) >= 11 is 8.14. The van der Waals surface area contributed by atoms with Gasteiger partial charge < -0.3 is 5.84 Å². The fourth-order valence-corrected chi connectivity index (χ4v) is 0.835. The smallest absolute Gasteiger partial charge is 0.187 e. The molecule has 10 heavy (non-hydrogen) atoms. The normalized spacial score (nSPS) is 13.4. The Balaban J connectivity index is 2.82. The Bertz CT molecular complexity index is 210. The van der Waals surface area contributed by atoms with Crippen molar-refractivity contribution in [1.29, 1.82) is 0 Å². The molecule has 0 aliphatic heterocycles. The molecular weight excluding hydrogens is 170 g/mol. The Morgan fingerprint density at radius 1 is 1.70 bits per heavy atom. The predicted molar refractivity (Wildman–Crippen MR) is 43.5 cm³/mol. The first-order valence-corrected chi connectivity index (χ1v) is 3.73. The molecule has 56 valence electrons. The molecule has 0 aliphatic carbocycles. The molecule has 1 rings (SSSR count). The molecule has 0 fully saturated rings. The fraction of sp³-hybridized carbons (Fsp3) is 0.667. The van der Waals surface area contributed by atoms with Gasteiger partial charge in [-0.2, -0.15) is 25.3 Å². The first kappa shape index (κ1) is 7.67. The van der Waals surface area contributed by atoms with Gasteiger partial charge in [-0.05, 0) is 10.4 Å². The molecule has 0 saturated heterocycles. The van der Waals surface area contributed by atoms with Crippen LogP contribution in [0.15, 0.2) is 0 Å². The number of rotatable bonds is 2. The minimum atomic E-state index is -0.108. The first-order chi connectivity index (χ1) is 4.75. The number of nitrogen functional groups attached to an aromatic ring is 1. The highest BCUT2D eigenvalue weighted by Crippen LogP contribution is 2.15. The van der Waals surface area contributed by atoms with Crippen LogP contribution in [0.3, 0.4) is 0 Å². The highest BCUT2D eigenvalue weighted by atomic mass is 32.1. The van der Waals surface area contributed by atoms with Crippen molar-refractivity contribution in [3.8, 4) is 0 Å². The lowest BCUT2D eigenvalue weighted by Gasteiger charge is -2.01. The van der Waals surface area contributed by atoms with E-state index in [1.165, 1.54) is 0 Å². The number of hydrogen-bond donors (Lipinski definition) is 3. The van der Waals surface area contributed by atoms with E-state index in [9.17, 15) is 0 Å². The van der Waals surface area contributed by atoms with Gasteiger partial charge in [0.25, 0.3) is 0 Å². The van der Waals surface area contributed by atoms with E-state index in [2.05, 4.69) is 40.8 Å². The molecule has 2 N–H and O–H groups in total. The number of nitrogens with zero attached hydrogens (tertiary/aromatic N) is 4. The third kappa shape index (κ3) is 1.35. The molecule has 0 aromatic carbocycles. The topological polar surface area (TPSA) is 69.6 Å². The van der Waals surface area contributed by atoms with Crippen LogP contribution in [0, 0.1) is 0 Å². The van der Waals surface area contributed by atoms with Crippen molar-refractivity contribution in [3.63, 3.8) is 0 Å². The highest BCUT2D eigenvalue weighted by molar-refractivity contribution is 7.84. The number of aromatic nitrogens is 4. The van der Waals surface area contributed by atoms with Crippen molar-refractivity contribution >= 4 is 25.3 Å². The maximum atomic E-state index is 5.31. The fourth-order valence-electron chi connectivity index (χ4n) is 0.502. The molecule has 0 saturated carbocycles. The monoisotopic (exact) mass is 177 g/mol. The van der Waals surface area contributed by atoms with Crippen LogP contribution in [-0.4, -0.2) is 26.1 Å². The number of tetrazole rings is 1. The molecule has 1 atom stereocenters. The van der Waals surface area contributed by atoms with Gasteiger partial charge >= 0.3 is 0 Å². The quantitative estimate of drug-likeness (QED) is 0.412. The molecule has 1 aromatic heterocycles. The molecule has 1 heterocycles. The molecule has 1 unspecified atom stereocenters. The second-order valence-corrected chi connectivity index (χ2v) is 2.67. The van der Waals surface area contributed by atoms with Crippen molar-refractivity contribution in [2.24, 2.45) is 0 Å². The van der Waals surface area contributed by atoms with E-state index in [1.54, 1.807) is 0 Å². The second kappa shape index (κ2) is 3.11. The minimum absolute atomic E-state index is 0.108. The van der Waals surface area contributed by atoms with Crippen LogP contribution in [0.25, 0.3) is 0 Å². The SMILES string of the molecule is Nn1nnnc1C(S)CS. The maximum Gasteiger partial charge on any atom is 0.187 e. The van der Waals surface area contributed by atoms with Crippen LogP contribution < -0.4 is 5.84 Å². The van der Waals surface area contributed by atoms with Gasteiger partial charge in [0.15, 0.2) is 5.82 Å². The van der Waals surface area contributed by atoms with Crippen molar-refractivity contribution < 1.29 is 0 Å². The Labute approximate surface area is 68.8 Å². The summed E-state index contributed by atoms with van der Waals surface area (Å²) in [6.45, 7) is 0. The van der Waals surface area contributed by atoms with E-state index in [-0.39, 0.29) is 5.25 Å². The zero-order valence-corrected chi connectivity index (χ0v) is 6.83. The summed E-state index contributed by atoms with van der Waals surface area (Å²) in [7, 11) is 0. The predicted octanol–water partition coefficient (Wildman–Crippen LogP) is -0.712. The first-order valence-electron chi connectivity index (χ1n) is 2.58. The van der Waals surface area contributed by atoms with Crippen LogP contribution in [0.2, 0.25) is 0 Å². The summed E-state index contributed by atoms with van der Waals surface area (Å²) in [4.78, 5) is 1.09. The molecule has 0 spiro atoms. The van der Waals surface area contributed by atoms with E-state index < -0.39 is 0 Å². The van der Waals surface area contributed by atoms with E-state index in [0.717, 1.165) is 4.79 Å². The van der Waals surface area contributed by atoms with Crippen molar-refractivity contribution in [3.05, 3.63) is 5.82 Å². The molecule has 0 radical (unpaired) electrons. The van der Waals surface area contributed by atoms with E-state index >= 15 is 0 Å². The molecule has 5 nitrogen and oxygen atoms in total. The van der Waals surface area contributed by atoms with Crippen LogP contribution in [-0.2, 0) is 0 Å². The zero-order valence-electron chi connectivity index (χ0n) is 5.05. The van der Waals surface area contributed by atoms with Gasteiger partial charge in [0.1, 0.15) is 0 Å². The Hall–Kier alpha value is -0.430. The summed E-state index contributed by atoms with van der Waals surface area (Å²) in [5.41, 5.74) is 0. The summed E-state index contributed by atoms with van der Waals surface area (Å²) in [6, 6.07) is 0. The van der Waals surface area contributed by atoms with Gasteiger partial charge in [-0.15, -0.1) is 9.89 Å². The van der Waals surface area contributed by atoms with Crippen LogP contribution >= 0.6 is 25.3 Å². The van der Waals surface area contributed by atoms with Gasteiger partial charge in [0.2, 0.25) is 0 Å². The maximum absolute atomic E-state index is 5.31. The van der Waals surface area contributed by atoms with E-state index in [1.807, 2.05) is 0 Å². The minimum Gasteiger partial charge on any atom is -0.320 e. The number of thiol groups is 2. The average molecular weight is 177 g/mol. The summed E-state index contributed by atoms with van der Waals surface area (Å²) in [6.07, 6.45) is 0. The molecule has 7 heteroatoms. The lowest BCUT2D eigenvalue weighted by atomic mass is 10.4. The standard InChI is InChI=1S/C3H7N5S2/c4-8-3(2(10)1-9)5-6-7-8/h2,9-10H,1,4H2. The summed E-state index contributed by atoms with van der Waals surface area (Å²) in [5.74, 6) is 6.40. The third-order valence-electron chi connectivity index (χ3n) is 0.989. The van der Waals surface area contributed by atoms with Crippen LogP contribution in [0.4, 0.5) is 0 Å². The summed E-state index contributed by atoms with van der Waals surface area (Å²) < 4.78 is 0. The Morgan fingerprint density at radius 2 is 2.40 bits per heavy atom. The van der Waals surface area contributed by atoms with Gasteiger partial charge in [-0.1, -0.05) is 0 Å². The third-order valence-corrected chi connectivity index (χ3v) is 2.06. The second-order valence-electron chi connectivity index (χ2n) is 1.68. The van der Waals surface area contributed by atoms with Gasteiger partial charge in [0, 0.05) is 5.75 Å². The molecular formula is C3H7N5S2. The molecule has 1 aromatic rings. The van der Waals surface area contributed by atoms with E-state index in [0.29, 0.717) is 11.6 Å². The van der Waals surface area contributed by atoms with Gasteiger partial charge in [-0.3, -0.25) is 0 Å². The number of hydrogen-bond acceptors (Lipinski definition) is 6. The zero-order chi connectivity index (χ0) is 7.56. The average Bonchev–Trinajstić information content (AvgIpc) is 2.34. The van der Waals surface area contributed by atoms with Gasteiger partial charge in [-0.25, -0.2) is 0 Å². The van der Waals surface area contributed by atoms with Crippen molar-refractivity contribution in [2.45, 2.75) is 5.25 Å². The van der Waals surface area contributed by atoms with Crippen LogP contribution in [0.1, 0.15) is 11.1 Å². The van der Waals surface area contributed by atoms with Crippen molar-refractivity contribution in [1.82, 2.24) is 20.3 Å². The molecule has 0 aliphatic rings. The lowest BCUT2D eigenvalue weighted by molar-refractivity contribution is 0.729. The molecule has 0 amide bonds. The molecule has 0 bridgehead atoms. The summed E-state index contributed by atoms with van der Waals surface area (Å²) in [5, 5.41) is 10.3. The number of nitrogens with two attached hydrogens (primary N) is 1. The highest BCUT2D eigenvalue weighted by Gasteiger charge is 2.11. The Kier molecular flexibility index (Phi) is 2.39. The van der Waals surface area contributed by atoms with Crippen LogP contribution in [0.5, 0.6) is 0 Å². The largest absolute Gasteiger partial charge is 0.320 e.